The number of nitrogens with one attached hydrogen (secondary N) is 1. The summed E-state index contributed by atoms with van der Waals surface area (Å²) in [4.78, 5) is 17.6. The Balaban J connectivity index is 1.32. The lowest BCUT2D eigenvalue weighted by atomic mass is 10.2. The minimum Gasteiger partial charge on any atom is -0.411 e. The Morgan fingerprint density at radius 2 is 2.00 bits per heavy atom. The van der Waals surface area contributed by atoms with Crippen LogP contribution in [0.25, 0.3) is 22.0 Å². The number of aromatic nitrogens is 3. The number of thiazole rings is 1. The van der Waals surface area contributed by atoms with Crippen molar-refractivity contribution in [1.82, 2.24) is 15.2 Å². The molecular formula is C17H12N4O2S3. The first-order chi connectivity index (χ1) is 12.8. The van der Waals surface area contributed by atoms with Crippen LogP contribution in [0, 0.1) is 0 Å². The second-order valence-corrected chi connectivity index (χ2v) is 7.82. The Hall–Kier alpha value is -2.49. The molecule has 6 nitrogen and oxygen atoms in total. The van der Waals surface area contributed by atoms with Gasteiger partial charge in [0.25, 0.3) is 5.22 Å². The molecule has 0 bridgehead atoms. The van der Waals surface area contributed by atoms with E-state index >= 15 is 0 Å². The Morgan fingerprint density at radius 3 is 2.81 bits per heavy atom. The number of carbonyl (C=O) groups is 1. The molecule has 0 atom stereocenters. The third kappa shape index (κ3) is 4.01. The van der Waals surface area contributed by atoms with Gasteiger partial charge in [0, 0.05) is 10.9 Å². The lowest BCUT2D eigenvalue weighted by Crippen LogP contribution is -2.13. The van der Waals surface area contributed by atoms with E-state index in [9.17, 15) is 4.79 Å². The third-order valence-electron chi connectivity index (χ3n) is 3.28. The Labute approximate surface area is 161 Å². The number of hydrogen-bond acceptors (Lipinski definition) is 8. The summed E-state index contributed by atoms with van der Waals surface area (Å²) >= 11 is 4.21. The Morgan fingerprint density at radius 1 is 1.12 bits per heavy atom. The topological polar surface area (TPSA) is 80.9 Å². The number of benzene rings is 1. The van der Waals surface area contributed by atoms with Gasteiger partial charge in [0.1, 0.15) is 0 Å². The van der Waals surface area contributed by atoms with Crippen molar-refractivity contribution < 1.29 is 9.21 Å². The van der Waals surface area contributed by atoms with Gasteiger partial charge in [0.2, 0.25) is 11.8 Å². The van der Waals surface area contributed by atoms with Gasteiger partial charge in [-0.25, -0.2) is 4.98 Å². The van der Waals surface area contributed by atoms with E-state index < -0.39 is 0 Å². The van der Waals surface area contributed by atoms with Gasteiger partial charge < -0.3 is 9.73 Å². The van der Waals surface area contributed by atoms with Crippen LogP contribution in [-0.4, -0.2) is 26.8 Å². The van der Waals surface area contributed by atoms with Crippen molar-refractivity contribution >= 4 is 45.5 Å². The molecule has 1 aromatic carbocycles. The van der Waals surface area contributed by atoms with E-state index in [1.54, 1.807) is 11.3 Å². The minimum atomic E-state index is -0.165. The number of thiophene rings is 1. The highest BCUT2D eigenvalue weighted by Gasteiger charge is 2.13. The van der Waals surface area contributed by atoms with Gasteiger partial charge in [0.05, 0.1) is 16.3 Å². The number of carbonyl (C=O) groups excluding carboxylic acids is 1. The molecule has 130 valence electrons. The predicted octanol–water partition coefficient (Wildman–Crippen LogP) is 4.65. The molecule has 4 aromatic rings. The number of anilines is 1. The van der Waals surface area contributed by atoms with Gasteiger partial charge >= 0.3 is 0 Å². The van der Waals surface area contributed by atoms with Gasteiger partial charge in [-0.15, -0.1) is 32.9 Å². The summed E-state index contributed by atoms with van der Waals surface area (Å²) in [6, 6.07) is 13.5. The molecular weight excluding hydrogens is 388 g/mol. The van der Waals surface area contributed by atoms with E-state index in [4.69, 9.17) is 4.42 Å². The van der Waals surface area contributed by atoms with Gasteiger partial charge in [0.15, 0.2) is 5.13 Å². The largest absolute Gasteiger partial charge is 0.411 e. The van der Waals surface area contributed by atoms with E-state index in [1.807, 2.05) is 53.2 Å². The lowest BCUT2D eigenvalue weighted by Gasteiger charge is -1.99. The second kappa shape index (κ2) is 7.81. The molecule has 0 aliphatic rings. The summed E-state index contributed by atoms with van der Waals surface area (Å²) in [6.07, 6.45) is 0. The van der Waals surface area contributed by atoms with Crippen LogP contribution < -0.4 is 5.32 Å². The average Bonchev–Trinajstić information content (AvgIpc) is 3.41. The van der Waals surface area contributed by atoms with Crippen molar-refractivity contribution in [2.75, 3.05) is 11.1 Å². The summed E-state index contributed by atoms with van der Waals surface area (Å²) in [5.74, 6) is 0.445. The van der Waals surface area contributed by atoms with Crippen LogP contribution in [0.4, 0.5) is 5.13 Å². The minimum absolute atomic E-state index is 0.165. The van der Waals surface area contributed by atoms with Crippen LogP contribution in [0.15, 0.2) is 62.9 Å². The molecule has 0 saturated carbocycles. The molecule has 0 radical (unpaired) electrons. The zero-order valence-corrected chi connectivity index (χ0v) is 15.7. The molecule has 3 heterocycles. The van der Waals surface area contributed by atoms with Gasteiger partial charge in [-0.3, -0.25) is 4.79 Å². The van der Waals surface area contributed by atoms with Crippen LogP contribution in [0.1, 0.15) is 0 Å². The summed E-state index contributed by atoms with van der Waals surface area (Å²) < 4.78 is 5.57. The van der Waals surface area contributed by atoms with Gasteiger partial charge in [-0.1, -0.05) is 36.0 Å². The van der Waals surface area contributed by atoms with Gasteiger partial charge in [-0.2, -0.15) is 0 Å². The molecule has 0 aliphatic carbocycles. The predicted molar refractivity (Wildman–Crippen MR) is 105 cm³/mol. The third-order valence-corrected chi connectivity index (χ3v) is 5.75. The molecule has 0 unspecified atom stereocenters. The van der Waals surface area contributed by atoms with Crippen LogP contribution in [-0.2, 0) is 4.79 Å². The van der Waals surface area contributed by atoms with Crippen molar-refractivity contribution in [2.24, 2.45) is 0 Å². The second-order valence-electron chi connectivity index (χ2n) is 5.09. The standard InChI is InChI=1S/C17H12N4O2S3/c22-14(19-16-18-12(9-25-16)13-7-4-8-24-13)10-26-17-21-20-15(23-17)11-5-2-1-3-6-11/h1-9H,10H2,(H,18,19,22). The highest BCUT2D eigenvalue weighted by Crippen LogP contribution is 2.28. The van der Waals surface area contributed by atoms with Crippen LogP contribution >= 0.6 is 34.4 Å². The maximum absolute atomic E-state index is 12.1. The van der Waals surface area contributed by atoms with Crippen LogP contribution in [0.3, 0.4) is 0 Å². The molecule has 26 heavy (non-hydrogen) atoms. The van der Waals surface area contributed by atoms with E-state index in [0.717, 1.165) is 16.1 Å². The maximum Gasteiger partial charge on any atom is 0.277 e. The van der Waals surface area contributed by atoms with Crippen molar-refractivity contribution in [3.8, 4) is 22.0 Å². The molecule has 0 aliphatic heterocycles. The summed E-state index contributed by atoms with van der Waals surface area (Å²) in [5, 5.41) is 15.6. The fraction of sp³-hybridized carbons (Fsp3) is 0.0588. The highest BCUT2D eigenvalue weighted by molar-refractivity contribution is 7.99. The maximum atomic E-state index is 12.1. The molecule has 0 spiro atoms. The number of amides is 1. The van der Waals surface area contributed by atoms with Gasteiger partial charge in [-0.05, 0) is 23.6 Å². The molecule has 9 heteroatoms. The van der Waals surface area contributed by atoms with Crippen molar-refractivity contribution in [1.29, 1.82) is 0 Å². The van der Waals surface area contributed by atoms with E-state index in [-0.39, 0.29) is 11.7 Å². The van der Waals surface area contributed by atoms with Crippen molar-refractivity contribution in [3.05, 3.63) is 53.2 Å². The Bertz CT molecular complexity index is 996. The summed E-state index contributed by atoms with van der Waals surface area (Å²) in [7, 11) is 0. The number of thioether (sulfide) groups is 1. The van der Waals surface area contributed by atoms with Crippen molar-refractivity contribution in [3.63, 3.8) is 0 Å². The SMILES string of the molecule is O=C(CSc1nnc(-c2ccccc2)o1)Nc1nc(-c2cccs2)cs1. The highest BCUT2D eigenvalue weighted by atomic mass is 32.2. The summed E-state index contributed by atoms with van der Waals surface area (Å²) in [5.41, 5.74) is 1.72. The smallest absolute Gasteiger partial charge is 0.277 e. The van der Waals surface area contributed by atoms with E-state index in [2.05, 4.69) is 20.5 Å². The molecule has 1 N–H and O–H groups in total. The first kappa shape index (κ1) is 17.0. The molecule has 1 amide bonds. The summed E-state index contributed by atoms with van der Waals surface area (Å²) in [6.45, 7) is 0. The first-order valence-electron chi connectivity index (χ1n) is 7.59. The zero-order valence-electron chi connectivity index (χ0n) is 13.3. The average molecular weight is 401 g/mol. The fourth-order valence-electron chi connectivity index (χ4n) is 2.12. The lowest BCUT2D eigenvalue weighted by molar-refractivity contribution is -0.113. The number of hydrogen-bond donors (Lipinski definition) is 1. The number of nitrogens with zero attached hydrogens (tertiary/aromatic N) is 3. The first-order valence-corrected chi connectivity index (χ1v) is 10.3. The molecule has 3 aromatic heterocycles. The van der Waals surface area contributed by atoms with E-state index in [0.29, 0.717) is 16.2 Å². The molecule has 4 rings (SSSR count). The molecule has 0 saturated heterocycles. The number of rotatable bonds is 6. The normalized spacial score (nSPS) is 10.8. The van der Waals surface area contributed by atoms with Crippen LogP contribution in [0.5, 0.6) is 0 Å². The fourth-order valence-corrected chi connectivity index (χ4v) is 4.17. The molecule has 0 fully saturated rings. The zero-order chi connectivity index (χ0) is 17.8. The monoisotopic (exact) mass is 400 g/mol. The van der Waals surface area contributed by atoms with Crippen LogP contribution in [0.2, 0.25) is 0 Å². The van der Waals surface area contributed by atoms with E-state index in [1.165, 1.54) is 23.1 Å². The Kier molecular flexibility index (Phi) is 5.09. The quantitative estimate of drug-likeness (QED) is 0.474. The van der Waals surface area contributed by atoms with Crippen molar-refractivity contribution in [2.45, 2.75) is 5.22 Å².